The van der Waals surface area contributed by atoms with Crippen molar-refractivity contribution in [3.8, 4) is 5.75 Å². The Bertz CT molecular complexity index is 1070. The maximum absolute atomic E-state index is 13.0. The van der Waals surface area contributed by atoms with Crippen LogP contribution in [0.15, 0.2) is 60.7 Å². The standard InChI is InChI=1S/C23H21ClN2O3/c24-13-21(27)25-14-20(18-9-8-15-4-1-2-5-17(15)12-18)26-23(28)19-7-3-6-16-10-11-29-22(16)19/h1-9,12,20H,10-11,13-14H2,(H,25,27)(H,26,28). The van der Waals surface area contributed by atoms with E-state index in [1.54, 1.807) is 6.07 Å². The minimum Gasteiger partial charge on any atom is -0.492 e. The van der Waals surface area contributed by atoms with Gasteiger partial charge in [-0.1, -0.05) is 48.5 Å². The Kier molecular flexibility index (Phi) is 5.67. The Hall–Kier alpha value is -3.05. The van der Waals surface area contributed by atoms with Crippen molar-refractivity contribution in [2.24, 2.45) is 0 Å². The second-order valence-electron chi connectivity index (χ2n) is 6.96. The number of para-hydroxylation sites is 1. The third-order valence-electron chi connectivity index (χ3n) is 5.06. The van der Waals surface area contributed by atoms with Gasteiger partial charge >= 0.3 is 0 Å². The number of fused-ring (bicyclic) bond motifs is 2. The van der Waals surface area contributed by atoms with Crippen LogP contribution >= 0.6 is 11.6 Å². The normalized spacial score (nSPS) is 13.4. The third-order valence-corrected chi connectivity index (χ3v) is 5.31. The first kappa shape index (κ1) is 19.3. The van der Waals surface area contributed by atoms with Gasteiger partial charge in [-0.15, -0.1) is 11.6 Å². The number of benzene rings is 3. The Labute approximate surface area is 174 Å². The molecule has 1 unspecified atom stereocenters. The maximum Gasteiger partial charge on any atom is 0.255 e. The van der Waals surface area contributed by atoms with Crippen molar-refractivity contribution in [3.05, 3.63) is 77.4 Å². The highest BCUT2D eigenvalue weighted by Crippen LogP contribution is 2.30. The molecule has 0 radical (unpaired) electrons. The number of carbonyl (C=O) groups excluding carboxylic acids is 2. The van der Waals surface area contributed by atoms with E-state index in [1.807, 2.05) is 54.6 Å². The lowest BCUT2D eigenvalue weighted by Crippen LogP contribution is -2.38. The minimum absolute atomic E-state index is 0.127. The number of amides is 2. The minimum atomic E-state index is -0.406. The average molecular weight is 409 g/mol. The summed E-state index contributed by atoms with van der Waals surface area (Å²) in [6.07, 6.45) is 0.802. The summed E-state index contributed by atoms with van der Waals surface area (Å²) in [7, 11) is 0. The average Bonchev–Trinajstić information content (AvgIpc) is 3.24. The SMILES string of the molecule is O=C(CCl)NCC(NC(=O)c1cccc2c1OCC2)c1ccc2ccccc2c1. The summed E-state index contributed by atoms with van der Waals surface area (Å²) >= 11 is 5.61. The van der Waals surface area contributed by atoms with Crippen molar-refractivity contribution >= 4 is 34.2 Å². The lowest BCUT2D eigenvalue weighted by atomic mass is 10.0. The summed E-state index contributed by atoms with van der Waals surface area (Å²) in [5.41, 5.74) is 2.45. The van der Waals surface area contributed by atoms with E-state index in [9.17, 15) is 9.59 Å². The highest BCUT2D eigenvalue weighted by atomic mass is 35.5. The van der Waals surface area contributed by atoms with Crippen LogP contribution in [0.5, 0.6) is 5.75 Å². The Morgan fingerprint density at radius 1 is 1.03 bits per heavy atom. The molecule has 1 heterocycles. The van der Waals surface area contributed by atoms with E-state index in [0.29, 0.717) is 17.9 Å². The lowest BCUT2D eigenvalue weighted by molar-refractivity contribution is -0.118. The van der Waals surface area contributed by atoms with Crippen LogP contribution < -0.4 is 15.4 Å². The number of hydrogen-bond acceptors (Lipinski definition) is 3. The fourth-order valence-corrected chi connectivity index (χ4v) is 3.66. The summed E-state index contributed by atoms with van der Waals surface area (Å²) in [5, 5.41) is 8.00. The quantitative estimate of drug-likeness (QED) is 0.612. The molecule has 0 fully saturated rings. The molecule has 1 aliphatic rings. The lowest BCUT2D eigenvalue weighted by Gasteiger charge is -2.21. The monoisotopic (exact) mass is 408 g/mol. The molecule has 0 aromatic heterocycles. The number of carbonyl (C=O) groups is 2. The number of halogens is 1. The van der Waals surface area contributed by atoms with Gasteiger partial charge in [0.1, 0.15) is 11.6 Å². The third kappa shape index (κ3) is 4.20. The molecule has 3 aromatic carbocycles. The van der Waals surface area contributed by atoms with Gasteiger partial charge in [0.25, 0.3) is 5.91 Å². The van der Waals surface area contributed by atoms with Gasteiger partial charge in [-0.05, 0) is 34.0 Å². The Morgan fingerprint density at radius 3 is 2.69 bits per heavy atom. The van der Waals surface area contributed by atoms with Crippen LogP contribution in [-0.2, 0) is 11.2 Å². The van der Waals surface area contributed by atoms with Crippen molar-refractivity contribution in [2.45, 2.75) is 12.5 Å². The van der Waals surface area contributed by atoms with Crippen LogP contribution in [0, 0.1) is 0 Å². The van der Waals surface area contributed by atoms with Crippen molar-refractivity contribution in [3.63, 3.8) is 0 Å². The molecule has 0 bridgehead atoms. The summed E-state index contributed by atoms with van der Waals surface area (Å²) < 4.78 is 5.66. The van der Waals surface area contributed by atoms with Gasteiger partial charge in [-0.2, -0.15) is 0 Å². The fraction of sp³-hybridized carbons (Fsp3) is 0.217. The van der Waals surface area contributed by atoms with Gasteiger partial charge < -0.3 is 15.4 Å². The molecule has 0 saturated carbocycles. The van der Waals surface area contributed by atoms with Gasteiger partial charge in [-0.25, -0.2) is 0 Å². The van der Waals surface area contributed by atoms with Crippen molar-refractivity contribution < 1.29 is 14.3 Å². The highest BCUT2D eigenvalue weighted by molar-refractivity contribution is 6.27. The topological polar surface area (TPSA) is 67.4 Å². The molecular formula is C23H21ClN2O3. The molecule has 6 heteroatoms. The van der Waals surface area contributed by atoms with Gasteiger partial charge in [0.05, 0.1) is 18.2 Å². The van der Waals surface area contributed by atoms with Crippen LogP contribution in [0.2, 0.25) is 0 Å². The van der Waals surface area contributed by atoms with Gasteiger partial charge in [-0.3, -0.25) is 9.59 Å². The molecule has 3 aromatic rings. The number of ether oxygens (including phenoxy) is 1. The molecule has 5 nitrogen and oxygen atoms in total. The second-order valence-corrected chi connectivity index (χ2v) is 7.23. The number of nitrogens with one attached hydrogen (secondary N) is 2. The van der Waals surface area contributed by atoms with E-state index in [0.717, 1.165) is 28.3 Å². The van der Waals surface area contributed by atoms with E-state index >= 15 is 0 Å². The van der Waals surface area contributed by atoms with E-state index < -0.39 is 6.04 Å². The zero-order valence-corrected chi connectivity index (χ0v) is 16.5. The van der Waals surface area contributed by atoms with Crippen molar-refractivity contribution in [1.29, 1.82) is 0 Å². The van der Waals surface area contributed by atoms with Crippen LogP contribution in [0.4, 0.5) is 0 Å². The Morgan fingerprint density at radius 2 is 1.86 bits per heavy atom. The molecule has 2 N–H and O–H groups in total. The van der Waals surface area contributed by atoms with E-state index in [1.165, 1.54) is 0 Å². The molecule has 1 atom stereocenters. The summed E-state index contributed by atoms with van der Waals surface area (Å²) in [4.78, 5) is 24.7. The second kappa shape index (κ2) is 8.53. The van der Waals surface area contributed by atoms with Gasteiger partial charge in [0.15, 0.2) is 0 Å². The molecule has 4 rings (SSSR count). The first-order valence-corrected chi connectivity index (χ1v) is 10.1. The predicted molar refractivity (Wildman–Crippen MR) is 114 cm³/mol. The van der Waals surface area contributed by atoms with Crippen LogP contribution in [0.25, 0.3) is 10.8 Å². The van der Waals surface area contributed by atoms with E-state index in [2.05, 4.69) is 10.6 Å². The molecular weight excluding hydrogens is 388 g/mol. The summed E-state index contributed by atoms with van der Waals surface area (Å²) in [5.74, 6) is 0.00281. The van der Waals surface area contributed by atoms with E-state index in [-0.39, 0.29) is 24.2 Å². The fourth-order valence-electron chi connectivity index (χ4n) is 3.57. The summed E-state index contributed by atoms with van der Waals surface area (Å²) in [6, 6.07) is 19.2. The number of rotatable bonds is 6. The van der Waals surface area contributed by atoms with E-state index in [4.69, 9.17) is 16.3 Å². The Balaban J connectivity index is 1.62. The summed E-state index contributed by atoms with van der Waals surface area (Å²) in [6.45, 7) is 0.824. The molecule has 29 heavy (non-hydrogen) atoms. The van der Waals surface area contributed by atoms with Crippen LogP contribution in [-0.4, -0.2) is 30.8 Å². The first-order chi connectivity index (χ1) is 14.2. The highest BCUT2D eigenvalue weighted by Gasteiger charge is 2.23. The maximum atomic E-state index is 13.0. The molecule has 2 amide bonds. The van der Waals surface area contributed by atoms with Crippen LogP contribution in [0.3, 0.4) is 0 Å². The number of hydrogen-bond donors (Lipinski definition) is 2. The predicted octanol–water partition coefficient (Wildman–Crippen LogP) is 3.60. The zero-order valence-electron chi connectivity index (χ0n) is 15.8. The molecule has 0 saturated heterocycles. The molecule has 1 aliphatic heterocycles. The van der Waals surface area contributed by atoms with Gasteiger partial charge in [0, 0.05) is 13.0 Å². The van der Waals surface area contributed by atoms with Crippen molar-refractivity contribution in [2.75, 3.05) is 19.0 Å². The largest absolute Gasteiger partial charge is 0.492 e. The van der Waals surface area contributed by atoms with Gasteiger partial charge in [0.2, 0.25) is 5.91 Å². The first-order valence-electron chi connectivity index (χ1n) is 9.52. The van der Waals surface area contributed by atoms with Crippen molar-refractivity contribution in [1.82, 2.24) is 10.6 Å². The zero-order chi connectivity index (χ0) is 20.2. The number of alkyl halides is 1. The smallest absolute Gasteiger partial charge is 0.255 e. The molecule has 148 valence electrons. The van der Waals surface area contributed by atoms with Crippen LogP contribution in [0.1, 0.15) is 27.5 Å². The molecule has 0 spiro atoms. The molecule has 0 aliphatic carbocycles.